The van der Waals surface area contributed by atoms with E-state index in [0.717, 1.165) is 0 Å². The second-order valence-electron chi connectivity index (χ2n) is 9.13. The van der Waals surface area contributed by atoms with E-state index >= 15 is 0 Å². The second kappa shape index (κ2) is 19.7. The maximum Gasteiger partial charge on any atom is 0.328 e. The molecule has 0 aromatic rings. The van der Waals surface area contributed by atoms with Crippen LogP contribution in [0.5, 0.6) is 0 Å². The lowest BCUT2D eigenvalue weighted by Gasteiger charge is -2.22. The zero-order valence-electron chi connectivity index (χ0n) is 23.0. The summed E-state index contributed by atoms with van der Waals surface area (Å²) in [5, 5.41) is 46.7. The Hall–Kier alpha value is -4.36. The first-order valence-corrected chi connectivity index (χ1v) is 12.8. The van der Waals surface area contributed by atoms with Crippen LogP contribution in [0, 0.1) is 0 Å². The molecule has 0 rings (SSSR count). The molecule has 0 aromatic heterocycles. The number of carbonyl (C=O) groups is 8. The maximum absolute atomic E-state index is 12.6. The highest BCUT2D eigenvalue weighted by molar-refractivity contribution is 5.96. The standard InChI is InChI=1S/C23H39N7O12/c1-11(27-22(40)14(8-18(35)36)29-20(38)12(25)4-2-3-7-24)19(37)26-9-16(32)28-13(5-6-17(33)34)21(39)30-15(10-31)23(41)42/h11-15,31H,2-10,24-25H2,1H3,(H,26,37)(H,27,40)(H,28,32)(H,29,38)(H,30,39)(H,33,34)(H,35,36)(H,41,42)/t11-,12-,13-,14-,15-/m0/s1. The third-order valence-electron chi connectivity index (χ3n) is 5.59. The van der Waals surface area contributed by atoms with E-state index in [1.807, 2.05) is 5.32 Å². The number of nitrogens with one attached hydrogen (secondary N) is 5. The molecule has 0 saturated carbocycles. The first-order valence-electron chi connectivity index (χ1n) is 12.8. The number of hydrogen-bond acceptors (Lipinski definition) is 11. The highest BCUT2D eigenvalue weighted by Gasteiger charge is 2.29. The van der Waals surface area contributed by atoms with Crippen molar-refractivity contribution in [2.24, 2.45) is 11.5 Å². The van der Waals surface area contributed by atoms with Gasteiger partial charge in [-0.05, 0) is 32.7 Å². The van der Waals surface area contributed by atoms with Crippen LogP contribution in [0.4, 0.5) is 0 Å². The summed E-state index contributed by atoms with van der Waals surface area (Å²) < 4.78 is 0. The summed E-state index contributed by atoms with van der Waals surface area (Å²) in [5.74, 6) is -9.11. The predicted molar refractivity (Wildman–Crippen MR) is 141 cm³/mol. The van der Waals surface area contributed by atoms with Gasteiger partial charge >= 0.3 is 17.9 Å². The van der Waals surface area contributed by atoms with Crippen molar-refractivity contribution in [2.45, 2.75) is 75.7 Å². The van der Waals surface area contributed by atoms with Crippen LogP contribution in [0.1, 0.15) is 45.4 Å². The van der Waals surface area contributed by atoms with Crippen LogP contribution in [-0.4, -0.2) is 118 Å². The zero-order valence-corrected chi connectivity index (χ0v) is 23.0. The minimum atomic E-state index is -1.72. The quantitative estimate of drug-likeness (QED) is 0.0545. The van der Waals surface area contributed by atoms with Crippen molar-refractivity contribution in [1.29, 1.82) is 0 Å². The van der Waals surface area contributed by atoms with Gasteiger partial charge in [0.05, 0.1) is 25.6 Å². The summed E-state index contributed by atoms with van der Waals surface area (Å²) in [6.45, 7) is -0.143. The predicted octanol–water partition coefficient (Wildman–Crippen LogP) is -5.07. The van der Waals surface area contributed by atoms with Gasteiger partial charge in [0.2, 0.25) is 29.5 Å². The monoisotopic (exact) mass is 605 g/mol. The Morgan fingerprint density at radius 3 is 1.83 bits per heavy atom. The molecule has 0 heterocycles. The summed E-state index contributed by atoms with van der Waals surface area (Å²) in [4.78, 5) is 95.1. The number of carboxylic acid groups (broad SMARTS) is 3. The number of carbonyl (C=O) groups excluding carboxylic acids is 5. The molecule has 19 heteroatoms. The van der Waals surface area contributed by atoms with Crippen molar-refractivity contribution in [3.8, 4) is 0 Å². The lowest BCUT2D eigenvalue weighted by molar-refractivity contribution is -0.144. The SMILES string of the molecule is C[C@H](NC(=O)[C@H](CC(=O)O)NC(=O)[C@@H](N)CCCCN)C(=O)NCC(=O)N[C@@H](CCC(=O)O)C(=O)N[C@@H](CO)C(=O)O. The Bertz CT molecular complexity index is 993. The van der Waals surface area contributed by atoms with Gasteiger partial charge in [-0.2, -0.15) is 0 Å². The number of aliphatic hydroxyl groups excluding tert-OH is 1. The third kappa shape index (κ3) is 15.4. The van der Waals surface area contributed by atoms with Crippen molar-refractivity contribution in [1.82, 2.24) is 26.6 Å². The number of amides is 5. The molecule has 42 heavy (non-hydrogen) atoms. The van der Waals surface area contributed by atoms with Gasteiger partial charge in [0.15, 0.2) is 0 Å². The minimum absolute atomic E-state index is 0.242. The van der Waals surface area contributed by atoms with Gasteiger partial charge < -0.3 is 58.5 Å². The molecule has 0 bridgehead atoms. The fourth-order valence-corrected chi connectivity index (χ4v) is 3.24. The van der Waals surface area contributed by atoms with Crippen molar-refractivity contribution < 1.29 is 58.8 Å². The number of rotatable bonds is 21. The van der Waals surface area contributed by atoms with E-state index in [2.05, 4.69) is 21.3 Å². The number of aliphatic carboxylic acids is 3. The lowest BCUT2D eigenvalue weighted by Crippen LogP contribution is -2.56. The number of carboxylic acids is 3. The number of aliphatic hydroxyl groups is 1. The zero-order chi connectivity index (χ0) is 32.4. The molecule has 0 aliphatic heterocycles. The molecular weight excluding hydrogens is 566 g/mol. The molecule has 0 aliphatic carbocycles. The minimum Gasteiger partial charge on any atom is -0.481 e. The van der Waals surface area contributed by atoms with Crippen LogP contribution in [-0.2, 0) is 38.4 Å². The third-order valence-corrected chi connectivity index (χ3v) is 5.59. The van der Waals surface area contributed by atoms with E-state index in [4.69, 9.17) is 31.9 Å². The molecule has 0 fully saturated rings. The van der Waals surface area contributed by atoms with Crippen LogP contribution in [0.15, 0.2) is 0 Å². The van der Waals surface area contributed by atoms with Crippen LogP contribution in [0.3, 0.4) is 0 Å². The van der Waals surface area contributed by atoms with Gasteiger partial charge in [0.25, 0.3) is 0 Å². The van der Waals surface area contributed by atoms with E-state index in [9.17, 15) is 38.4 Å². The highest BCUT2D eigenvalue weighted by atomic mass is 16.4. The van der Waals surface area contributed by atoms with Crippen LogP contribution in [0.2, 0.25) is 0 Å². The topological polar surface area (TPSA) is 330 Å². The summed E-state index contributed by atoms with van der Waals surface area (Å²) in [5.41, 5.74) is 11.1. The lowest BCUT2D eigenvalue weighted by atomic mass is 10.1. The van der Waals surface area contributed by atoms with E-state index in [-0.39, 0.29) is 6.42 Å². The Morgan fingerprint density at radius 1 is 0.714 bits per heavy atom. The second-order valence-corrected chi connectivity index (χ2v) is 9.13. The number of unbranched alkanes of at least 4 members (excludes halogenated alkanes) is 1. The molecule has 0 saturated heterocycles. The van der Waals surface area contributed by atoms with E-state index in [1.54, 1.807) is 0 Å². The highest BCUT2D eigenvalue weighted by Crippen LogP contribution is 2.02. The molecule has 0 radical (unpaired) electrons. The Balaban J connectivity index is 5.13. The first-order chi connectivity index (χ1) is 19.6. The maximum atomic E-state index is 12.6. The van der Waals surface area contributed by atoms with Crippen molar-refractivity contribution in [2.75, 3.05) is 19.7 Å². The van der Waals surface area contributed by atoms with Gasteiger partial charge in [0, 0.05) is 6.42 Å². The summed E-state index contributed by atoms with van der Waals surface area (Å²) in [6.07, 6.45) is -0.470. The number of nitrogens with two attached hydrogens (primary N) is 2. The molecule has 0 spiro atoms. The summed E-state index contributed by atoms with van der Waals surface area (Å²) in [7, 11) is 0. The smallest absolute Gasteiger partial charge is 0.328 e. The molecule has 0 unspecified atom stereocenters. The molecule has 13 N–H and O–H groups in total. The average molecular weight is 606 g/mol. The van der Waals surface area contributed by atoms with Gasteiger partial charge in [-0.3, -0.25) is 33.6 Å². The summed E-state index contributed by atoms with van der Waals surface area (Å²) >= 11 is 0. The Labute approximate surface area is 240 Å². The normalized spacial score (nSPS) is 14.2. The molecule has 5 atom stereocenters. The van der Waals surface area contributed by atoms with Crippen LogP contribution >= 0.6 is 0 Å². The molecule has 0 aliphatic rings. The molecule has 238 valence electrons. The Kier molecular flexibility index (Phi) is 17.6. The van der Waals surface area contributed by atoms with Crippen molar-refractivity contribution in [3.05, 3.63) is 0 Å². The van der Waals surface area contributed by atoms with Crippen LogP contribution in [0.25, 0.3) is 0 Å². The van der Waals surface area contributed by atoms with Crippen LogP contribution < -0.4 is 38.1 Å². The van der Waals surface area contributed by atoms with Crippen molar-refractivity contribution in [3.63, 3.8) is 0 Å². The fourth-order valence-electron chi connectivity index (χ4n) is 3.24. The molecule has 5 amide bonds. The van der Waals surface area contributed by atoms with E-state index < -0.39 is 110 Å². The number of hydrogen-bond donors (Lipinski definition) is 11. The fraction of sp³-hybridized carbons (Fsp3) is 0.652. The van der Waals surface area contributed by atoms with Gasteiger partial charge in [-0.15, -0.1) is 0 Å². The van der Waals surface area contributed by atoms with Crippen molar-refractivity contribution >= 4 is 47.4 Å². The summed E-state index contributed by atoms with van der Waals surface area (Å²) in [6, 6.07) is -7.18. The molecule has 19 nitrogen and oxygen atoms in total. The van der Waals surface area contributed by atoms with Gasteiger partial charge in [-0.25, -0.2) is 4.79 Å². The molecule has 0 aromatic carbocycles. The van der Waals surface area contributed by atoms with E-state index in [1.165, 1.54) is 6.92 Å². The largest absolute Gasteiger partial charge is 0.481 e. The van der Waals surface area contributed by atoms with Gasteiger partial charge in [0.1, 0.15) is 24.2 Å². The average Bonchev–Trinajstić information content (AvgIpc) is 2.91. The molecular formula is C23H39N7O12. The van der Waals surface area contributed by atoms with E-state index in [0.29, 0.717) is 19.4 Å². The van der Waals surface area contributed by atoms with Gasteiger partial charge in [-0.1, -0.05) is 6.42 Å². The Morgan fingerprint density at radius 2 is 1.31 bits per heavy atom. The first kappa shape index (κ1) is 37.6.